The zero-order valence-corrected chi connectivity index (χ0v) is 11.7. The molecule has 0 aliphatic rings. The van der Waals surface area contributed by atoms with Crippen LogP contribution in [0.15, 0.2) is 66.7 Å². The van der Waals surface area contributed by atoms with Crippen molar-refractivity contribution in [3.05, 3.63) is 77.9 Å². The monoisotopic (exact) mass is 290 g/mol. The van der Waals surface area contributed by atoms with Crippen LogP contribution in [0.4, 0.5) is 5.69 Å². The first-order valence-corrected chi connectivity index (χ1v) is 6.83. The second kappa shape index (κ2) is 5.69. The number of primary amides is 1. The van der Waals surface area contributed by atoms with Crippen LogP contribution in [0, 0.1) is 0 Å². The number of anilines is 1. The van der Waals surface area contributed by atoms with E-state index in [-0.39, 0.29) is 5.91 Å². The van der Waals surface area contributed by atoms with E-state index >= 15 is 0 Å². The zero-order chi connectivity index (χ0) is 15.5. The van der Waals surface area contributed by atoms with E-state index in [9.17, 15) is 9.59 Å². The van der Waals surface area contributed by atoms with Gasteiger partial charge in [0.1, 0.15) is 0 Å². The quantitative estimate of drug-likeness (QED) is 0.777. The van der Waals surface area contributed by atoms with Crippen LogP contribution in [0.3, 0.4) is 0 Å². The Labute approximate surface area is 127 Å². The molecule has 0 aromatic heterocycles. The van der Waals surface area contributed by atoms with E-state index in [1.807, 2.05) is 36.4 Å². The highest BCUT2D eigenvalue weighted by Crippen LogP contribution is 2.17. The maximum absolute atomic E-state index is 12.3. The molecule has 2 amide bonds. The minimum Gasteiger partial charge on any atom is -0.366 e. The van der Waals surface area contributed by atoms with E-state index in [0.717, 1.165) is 10.8 Å². The van der Waals surface area contributed by atoms with E-state index in [1.54, 1.807) is 30.3 Å². The Balaban J connectivity index is 1.81. The van der Waals surface area contributed by atoms with Crippen molar-refractivity contribution in [3.8, 4) is 0 Å². The molecule has 3 rings (SSSR count). The van der Waals surface area contributed by atoms with Gasteiger partial charge in [-0.05, 0) is 47.2 Å². The summed E-state index contributed by atoms with van der Waals surface area (Å²) in [7, 11) is 0. The molecule has 0 saturated heterocycles. The predicted octanol–water partition coefficient (Wildman–Crippen LogP) is 3.19. The first-order chi connectivity index (χ1) is 10.6. The number of hydrogen-bond acceptors (Lipinski definition) is 2. The molecule has 0 radical (unpaired) electrons. The first-order valence-electron chi connectivity index (χ1n) is 6.83. The summed E-state index contributed by atoms with van der Waals surface area (Å²) in [5, 5.41) is 4.90. The average Bonchev–Trinajstić information content (AvgIpc) is 2.55. The highest BCUT2D eigenvalue weighted by Gasteiger charge is 2.07. The molecule has 0 fully saturated rings. The lowest BCUT2D eigenvalue weighted by molar-refractivity contribution is 0.0998. The van der Waals surface area contributed by atoms with Gasteiger partial charge in [-0.3, -0.25) is 9.59 Å². The Bertz CT molecular complexity index is 854. The molecule has 0 aliphatic heterocycles. The molecule has 108 valence electrons. The zero-order valence-electron chi connectivity index (χ0n) is 11.7. The van der Waals surface area contributed by atoms with Gasteiger partial charge in [-0.15, -0.1) is 0 Å². The summed E-state index contributed by atoms with van der Waals surface area (Å²) in [5.74, 6) is -0.690. The van der Waals surface area contributed by atoms with Crippen molar-refractivity contribution in [1.29, 1.82) is 0 Å². The van der Waals surface area contributed by atoms with Crippen molar-refractivity contribution in [2.45, 2.75) is 0 Å². The summed E-state index contributed by atoms with van der Waals surface area (Å²) >= 11 is 0. The lowest BCUT2D eigenvalue weighted by atomic mass is 10.1. The van der Waals surface area contributed by atoms with Gasteiger partial charge in [-0.1, -0.05) is 30.3 Å². The van der Waals surface area contributed by atoms with Crippen molar-refractivity contribution in [2.75, 3.05) is 5.32 Å². The molecule has 0 atom stereocenters. The fraction of sp³-hybridized carbons (Fsp3) is 0. The van der Waals surface area contributed by atoms with Crippen molar-refractivity contribution in [1.82, 2.24) is 0 Å². The third kappa shape index (κ3) is 2.81. The summed E-state index contributed by atoms with van der Waals surface area (Å²) in [6.45, 7) is 0. The van der Waals surface area contributed by atoms with Gasteiger partial charge < -0.3 is 11.1 Å². The highest BCUT2D eigenvalue weighted by atomic mass is 16.2. The van der Waals surface area contributed by atoms with Crippen LogP contribution in [0.2, 0.25) is 0 Å². The topological polar surface area (TPSA) is 72.2 Å². The molecule has 22 heavy (non-hydrogen) atoms. The molecule has 0 bridgehead atoms. The normalized spacial score (nSPS) is 10.4. The summed E-state index contributed by atoms with van der Waals surface area (Å²) < 4.78 is 0. The molecule has 3 aromatic carbocycles. The highest BCUT2D eigenvalue weighted by molar-refractivity contribution is 6.06. The number of nitrogens with one attached hydrogen (secondary N) is 1. The van der Waals surface area contributed by atoms with Crippen LogP contribution < -0.4 is 11.1 Å². The Morgan fingerprint density at radius 2 is 1.41 bits per heavy atom. The Morgan fingerprint density at radius 3 is 2.09 bits per heavy atom. The van der Waals surface area contributed by atoms with Gasteiger partial charge in [0.15, 0.2) is 0 Å². The summed E-state index contributed by atoms with van der Waals surface area (Å²) in [5.41, 5.74) is 6.78. The molecule has 0 unspecified atom stereocenters. The molecule has 0 heterocycles. The SMILES string of the molecule is NC(=O)c1ccc(NC(=O)c2ccc3ccccc3c2)cc1. The fourth-order valence-electron chi connectivity index (χ4n) is 2.25. The molecule has 0 saturated carbocycles. The Morgan fingerprint density at radius 1 is 0.773 bits per heavy atom. The Kier molecular flexibility index (Phi) is 3.58. The molecule has 4 heteroatoms. The predicted molar refractivity (Wildman–Crippen MR) is 86.9 cm³/mol. The summed E-state index contributed by atoms with van der Waals surface area (Å²) in [6, 6.07) is 19.9. The van der Waals surface area contributed by atoms with Crippen LogP contribution in [-0.2, 0) is 0 Å². The number of carbonyl (C=O) groups excluding carboxylic acids is 2. The van der Waals surface area contributed by atoms with Gasteiger partial charge in [-0.2, -0.15) is 0 Å². The lowest BCUT2D eigenvalue weighted by Crippen LogP contribution is -2.13. The van der Waals surface area contributed by atoms with E-state index in [1.165, 1.54) is 0 Å². The number of fused-ring (bicyclic) bond motifs is 1. The molecular weight excluding hydrogens is 276 g/mol. The summed E-state index contributed by atoms with van der Waals surface area (Å²) in [4.78, 5) is 23.3. The molecule has 3 aromatic rings. The lowest BCUT2D eigenvalue weighted by Gasteiger charge is -2.07. The largest absolute Gasteiger partial charge is 0.366 e. The van der Waals surface area contributed by atoms with Gasteiger partial charge in [0.05, 0.1) is 0 Å². The fourth-order valence-corrected chi connectivity index (χ4v) is 2.25. The minimum absolute atomic E-state index is 0.197. The first kappa shape index (κ1) is 13.8. The number of benzene rings is 3. The number of nitrogens with two attached hydrogens (primary N) is 1. The van der Waals surface area contributed by atoms with Gasteiger partial charge in [0.25, 0.3) is 5.91 Å². The van der Waals surface area contributed by atoms with Gasteiger partial charge >= 0.3 is 0 Å². The van der Waals surface area contributed by atoms with E-state index in [4.69, 9.17) is 5.73 Å². The van der Waals surface area contributed by atoms with E-state index in [0.29, 0.717) is 16.8 Å². The van der Waals surface area contributed by atoms with Crippen molar-refractivity contribution in [2.24, 2.45) is 5.73 Å². The van der Waals surface area contributed by atoms with E-state index in [2.05, 4.69) is 5.32 Å². The minimum atomic E-state index is -0.493. The maximum atomic E-state index is 12.3. The van der Waals surface area contributed by atoms with Crippen molar-refractivity contribution in [3.63, 3.8) is 0 Å². The van der Waals surface area contributed by atoms with Crippen molar-refractivity contribution < 1.29 is 9.59 Å². The van der Waals surface area contributed by atoms with Crippen LogP contribution in [0.5, 0.6) is 0 Å². The second-order valence-corrected chi connectivity index (χ2v) is 4.96. The summed E-state index contributed by atoms with van der Waals surface area (Å²) in [6.07, 6.45) is 0. The van der Waals surface area contributed by atoms with Crippen LogP contribution in [-0.4, -0.2) is 11.8 Å². The van der Waals surface area contributed by atoms with Crippen LogP contribution >= 0.6 is 0 Å². The standard InChI is InChI=1S/C18H14N2O2/c19-17(21)13-7-9-16(10-8-13)20-18(22)15-6-5-12-3-1-2-4-14(12)11-15/h1-11H,(H2,19,21)(H,20,22). The Hall–Kier alpha value is -3.14. The maximum Gasteiger partial charge on any atom is 0.255 e. The molecule has 3 N–H and O–H groups in total. The third-order valence-electron chi connectivity index (χ3n) is 3.44. The van der Waals surface area contributed by atoms with Gasteiger partial charge in [-0.25, -0.2) is 0 Å². The molecule has 0 spiro atoms. The number of amides is 2. The van der Waals surface area contributed by atoms with E-state index < -0.39 is 5.91 Å². The average molecular weight is 290 g/mol. The second-order valence-electron chi connectivity index (χ2n) is 4.96. The smallest absolute Gasteiger partial charge is 0.255 e. The number of rotatable bonds is 3. The molecule has 0 aliphatic carbocycles. The molecule has 4 nitrogen and oxygen atoms in total. The van der Waals surface area contributed by atoms with Gasteiger partial charge in [0, 0.05) is 16.8 Å². The number of hydrogen-bond donors (Lipinski definition) is 2. The third-order valence-corrected chi connectivity index (χ3v) is 3.44. The molecular formula is C18H14N2O2. The van der Waals surface area contributed by atoms with Crippen LogP contribution in [0.25, 0.3) is 10.8 Å². The number of carbonyl (C=O) groups is 2. The van der Waals surface area contributed by atoms with Gasteiger partial charge in [0.2, 0.25) is 5.91 Å². The van der Waals surface area contributed by atoms with Crippen molar-refractivity contribution >= 4 is 28.3 Å². The van der Waals surface area contributed by atoms with Crippen LogP contribution in [0.1, 0.15) is 20.7 Å².